The van der Waals surface area contributed by atoms with Gasteiger partial charge in [0.15, 0.2) is 12.4 Å². The molecule has 8 nitrogen and oxygen atoms in total. The van der Waals surface area contributed by atoms with E-state index in [1.807, 2.05) is 30.3 Å². The van der Waals surface area contributed by atoms with E-state index in [1.54, 1.807) is 54.6 Å². The van der Waals surface area contributed by atoms with Gasteiger partial charge in [-0.3, -0.25) is 9.59 Å². The van der Waals surface area contributed by atoms with E-state index in [1.165, 1.54) is 10.9 Å². The SMILES string of the molecule is O=C(COc1c(Br)cc(C=Nn2c(-c3cc4cc(Br)ccc4o3)nc3ccccc3c2=O)cc1Br)Nc1ccc(Cl)cc1. The average molecular weight is 786 g/mol. The highest BCUT2D eigenvalue weighted by atomic mass is 79.9. The van der Waals surface area contributed by atoms with Crippen LogP contribution in [0, 0.1) is 0 Å². The fourth-order valence-electron chi connectivity index (χ4n) is 4.30. The van der Waals surface area contributed by atoms with Gasteiger partial charge in [0.1, 0.15) is 11.3 Å². The van der Waals surface area contributed by atoms with Crippen LogP contribution in [0.25, 0.3) is 33.5 Å². The van der Waals surface area contributed by atoms with Crippen molar-refractivity contribution in [2.24, 2.45) is 5.10 Å². The molecule has 0 saturated heterocycles. The van der Waals surface area contributed by atoms with Crippen LogP contribution in [-0.4, -0.2) is 28.4 Å². The number of nitrogens with one attached hydrogen (secondary N) is 1. The third kappa shape index (κ3) is 6.45. The van der Waals surface area contributed by atoms with Crippen LogP contribution < -0.4 is 15.6 Å². The summed E-state index contributed by atoms with van der Waals surface area (Å²) < 4.78 is 15.1. The molecule has 0 radical (unpaired) electrons. The summed E-state index contributed by atoms with van der Waals surface area (Å²) >= 11 is 16.4. The number of hydrogen-bond acceptors (Lipinski definition) is 6. The first-order valence-electron chi connectivity index (χ1n) is 12.7. The third-order valence-electron chi connectivity index (χ3n) is 6.27. The van der Waals surface area contributed by atoms with Crippen LogP contribution in [0.3, 0.4) is 0 Å². The summed E-state index contributed by atoms with van der Waals surface area (Å²) in [5, 5.41) is 9.13. The minimum Gasteiger partial charge on any atom is -0.481 e. The van der Waals surface area contributed by atoms with Gasteiger partial charge in [-0.2, -0.15) is 9.78 Å². The summed E-state index contributed by atoms with van der Waals surface area (Å²) in [5.41, 5.74) is 2.10. The highest BCUT2D eigenvalue weighted by Crippen LogP contribution is 2.35. The van der Waals surface area contributed by atoms with Crippen molar-refractivity contribution >= 4 is 99.1 Å². The Bertz CT molecular complexity index is 2090. The number of anilines is 1. The summed E-state index contributed by atoms with van der Waals surface area (Å²) in [5.74, 6) is 0.760. The number of furan rings is 1. The van der Waals surface area contributed by atoms with E-state index in [-0.39, 0.29) is 23.9 Å². The molecule has 0 saturated carbocycles. The van der Waals surface area contributed by atoms with E-state index in [0.717, 1.165) is 9.86 Å². The summed E-state index contributed by atoms with van der Waals surface area (Å²) in [7, 11) is 0. The van der Waals surface area contributed by atoms with Gasteiger partial charge in [-0.1, -0.05) is 39.7 Å². The molecule has 0 aliphatic rings. The predicted molar refractivity (Wildman–Crippen MR) is 179 cm³/mol. The van der Waals surface area contributed by atoms with E-state index in [9.17, 15) is 9.59 Å². The van der Waals surface area contributed by atoms with Crippen LogP contribution >= 0.6 is 59.4 Å². The molecular weight excluding hydrogens is 768 g/mol. The zero-order chi connectivity index (χ0) is 30.1. The fourth-order valence-corrected chi connectivity index (χ4v) is 6.25. The Morgan fingerprint density at radius 3 is 2.51 bits per heavy atom. The predicted octanol–water partition coefficient (Wildman–Crippen LogP) is 8.65. The van der Waals surface area contributed by atoms with Gasteiger partial charge in [-0.25, -0.2) is 4.98 Å². The maximum atomic E-state index is 13.6. The molecule has 0 fully saturated rings. The number of fused-ring (bicyclic) bond motifs is 2. The van der Waals surface area contributed by atoms with Crippen LogP contribution in [0.5, 0.6) is 5.75 Å². The maximum absolute atomic E-state index is 13.6. The van der Waals surface area contributed by atoms with Gasteiger partial charge in [0.25, 0.3) is 11.5 Å². The Morgan fingerprint density at radius 2 is 1.74 bits per heavy atom. The van der Waals surface area contributed by atoms with Gasteiger partial charge in [0, 0.05) is 20.6 Å². The molecule has 4 aromatic carbocycles. The van der Waals surface area contributed by atoms with Gasteiger partial charge < -0.3 is 14.5 Å². The number of hydrogen-bond donors (Lipinski definition) is 1. The number of ether oxygens (including phenoxy) is 1. The number of para-hydroxylation sites is 1. The van der Waals surface area contributed by atoms with Crippen LogP contribution in [0.15, 0.2) is 113 Å². The molecule has 12 heteroatoms. The first kappa shape index (κ1) is 29.3. The van der Waals surface area contributed by atoms with Crippen molar-refractivity contribution in [3.63, 3.8) is 0 Å². The molecule has 6 rings (SSSR count). The van der Waals surface area contributed by atoms with Crippen molar-refractivity contribution in [2.45, 2.75) is 0 Å². The van der Waals surface area contributed by atoms with Crippen molar-refractivity contribution in [3.05, 3.63) is 119 Å². The van der Waals surface area contributed by atoms with Crippen molar-refractivity contribution in [3.8, 4) is 17.3 Å². The largest absolute Gasteiger partial charge is 0.481 e. The molecule has 0 unspecified atom stereocenters. The molecule has 0 spiro atoms. The Kier molecular flexibility index (Phi) is 8.49. The van der Waals surface area contributed by atoms with Gasteiger partial charge in [0.2, 0.25) is 5.82 Å². The van der Waals surface area contributed by atoms with E-state index < -0.39 is 0 Å². The molecule has 214 valence electrons. The lowest BCUT2D eigenvalue weighted by atomic mass is 10.2. The molecule has 2 aromatic heterocycles. The molecular formula is C31H18Br3ClN4O4. The molecule has 43 heavy (non-hydrogen) atoms. The van der Waals surface area contributed by atoms with Crippen molar-refractivity contribution in [2.75, 3.05) is 11.9 Å². The van der Waals surface area contributed by atoms with Gasteiger partial charge in [-0.05, 0) is 110 Å². The van der Waals surface area contributed by atoms with Crippen molar-refractivity contribution in [1.82, 2.24) is 9.66 Å². The van der Waals surface area contributed by atoms with Crippen molar-refractivity contribution in [1.29, 1.82) is 0 Å². The summed E-state index contributed by atoms with van der Waals surface area (Å²) in [6.07, 6.45) is 1.53. The minimum absolute atomic E-state index is 0.219. The van der Waals surface area contributed by atoms with Crippen LogP contribution in [0.4, 0.5) is 5.69 Å². The molecule has 0 atom stereocenters. The lowest BCUT2D eigenvalue weighted by molar-refractivity contribution is -0.118. The van der Waals surface area contributed by atoms with E-state index in [2.05, 4.69) is 58.2 Å². The monoisotopic (exact) mass is 782 g/mol. The highest BCUT2D eigenvalue weighted by molar-refractivity contribution is 9.11. The Morgan fingerprint density at radius 1 is 1.00 bits per heavy atom. The number of rotatable bonds is 7. The van der Waals surface area contributed by atoms with E-state index >= 15 is 0 Å². The number of aromatic nitrogens is 2. The smallest absolute Gasteiger partial charge is 0.282 e. The average Bonchev–Trinajstić information content (AvgIpc) is 3.40. The number of halogens is 4. The van der Waals surface area contributed by atoms with Crippen LogP contribution in [-0.2, 0) is 4.79 Å². The zero-order valence-corrected chi connectivity index (χ0v) is 27.4. The summed E-state index contributed by atoms with van der Waals surface area (Å²) in [4.78, 5) is 30.7. The van der Waals surface area contributed by atoms with E-state index in [0.29, 0.717) is 53.2 Å². The Hall–Kier alpha value is -3.77. The van der Waals surface area contributed by atoms with Gasteiger partial charge >= 0.3 is 0 Å². The Labute approximate surface area is 274 Å². The molecule has 6 aromatic rings. The maximum Gasteiger partial charge on any atom is 0.282 e. The lowest BCUT2D eigenvalue weighted by Crippen LogP contribution is -2.20. The first-order valence-corrected chi connectivity index (χ1v) is 15.4. The molecule has 0 aliphatic heterocycles. The first-order chi connectivity index (χ1) is 20.7. The molecule has 0 bridgehead atoms. The highest BCUT2D eigenvalue weighted by Gasteiger charge is 2.17. The molecule has 0 aliphatic carbocycles. The zero-order valence-electron chi connectivity index (χ0n) is 21.9. The van der Waals surface area contributed by atoms with Crippen LogP contribution in [0.1, 0.15) is 5.56 Å². The Balaban J connectivity index is 1.29. The van der Waals surface area contributed by atoms with Crippen LogP contribution in [0.2, 0.25) is 5.02 Å². The minimum atomic E-state index is -0.344. The topological polar surface area (TPSA) is 98.7 Å². The summed E-state index contributed by atoms with van der Waals surface area (Å²) in [6.45, 7) is -0.219. The second-order valence-electron chi connectivity index (χ2n) is 9.26. The summed E-state index contributed by atoms with van der Waals surface area (Å²) in [6, 6.07) is 24.9. The quantitative estimate of drug-likeness (QED) is 0.164. The molecule has 1 N–H and O–H groups in total. The van der Waals surface area contributed by atoms with Gasteiger partial charge in [-0.15, -0.1) is 0 Å². The van der Waals surface area contributed by atoms with Crippen molar-refractivity contribution < 1.29 is 13.9 Å². The standard InChI is InChI=1S/C31H18Br3ClN4O4/c32-19-5-10-26-18(13-19)14-27(43-26)30-38-25-4-2-1-3-22(25)31(41)39(30)36-15-17-11-23(33)29(24(34)12-17)42-16-28(40)37-21-8-6-20(35)7-9-21/h1-15H,16H2,(H,37,40). The number of carbonyl (C=O) groups is 1. The fraction of sp³-hybridized carbons (Fsp3) is 0.0323. The van der Waals surface area contributed by atoms with Gasteiger partial charge in [0.05, 0.1) is 26.1 Å². The number of nitrogens with zero attached hydrogens (tertiary/aromatic N) is 3. The number of amides is 1. The normalized spacial score (nSPS) is 11.4. The second-order valence-corrected chi connectivity index (χ2v) is 12.3. The van der Waals surface area contributed by atoms with E-state index in [4.69, 9.17) is 25.7 Å². The number of benzene rings is 4. The number of carbonyl (C=O) groups excluding carboxylic acids is 1. The molecule has 1 amide bonds. The second kappa shape index (κ2) is 12.5. The molecule has 2 heterocycles. The third-order valence-corrected chi connectivity index (χ3v) is 8.19. The lowest BCUT2D eigenvalue weighted by Gasteiger charge is -2.12.